The monoisotopic (exact) mass is 212 g/mol. The van der Waals surface area contributed by atoms with Crippen LogP contribution in [0.15, 0.2) is 6.07 Å². The molecule has 0 saturated heterocycles. The molecule has 0 aliphatic heterocycles. The summed E-state index contributed by atoms with van der Waals surface area (Å²) in [5, 5.41) is 0.536. The highest BCUT2D eigenvalue weighted by Gasteiger charge is 2.19. The molecule has 1 aromatic rings. The molecule has 1 aromatic heterocycles. The molecule has 0 radical (unpaired) electrons. The Morgan fingerprint density at radius 2 is 1.79 bits per heavy atom. The third kappa shape index (κ3) is 2.68. The molecule has 0 aliphatic rings. The summed E-state index contributed by atoms with van der Waals surface area (Å²) in [6.07, 6.45) is 0. The summed E-state index contributed by atoms with van der Waals surface area (Å²) < 4.78 is 0. The predicted octanol–water partition coefficient (Wildman–Crippen LogP) is 3.55. The molecule has 0 amide bonds. The van der Waals surface area contributed by atoms with E-state index in [-0.39, 0.29) is 5.41 Å². The first-order chi connectivity index (χ1) is 6.30. The van der Waals surface area contributed by atoms with Crippen LogP contribution >= 0.6 is 11.6 Å². The van der Waals surface area contributed by atoms with E-state index in [2.05, 4.69) is 44.6 Å². The number of hydrogen-bond donors (Lipinski definition) is 0. The van der Waals surface area contributed by atoms with Gasteiger partial charge in [0.05, 0.1) is 0 Å². The zero-order valence-electron chi connectivity index (χ0n) is 9.43. The van der Waals surface area contributed by atoms with Gasteiger partial charge in [0.2, 0.25) is 0 Å². The molecule has 0 unspecified atom stereocenters. The molecule has 0 atom stereocenters. The van der Waals surface area contributed by atoms with Crippen molar-refractivity contribution < 1.29 is 0 Å². The molecule has 0 spiro atoms. The van der Waals surface area contributed by atoms with Crippen molar-refractivity contribution in [2.75, 3.05) is 0 Å². The van der Waals surface area contributed by atoms with Crippen molar-refractivity contribution in [3.63, 3.8) is 0 Å². The van der Waals surface area contributed by atoms with Gasteiger partial charge in [-0.15, -0.1) is 0 Å². The number of rotatable bonds is 1. The third-order valence-electron chi connectivity index (χ3n) is 1.98. The Hall–Kier alpha value is -0.630. The highest BCUT2D eigenvalue weighted by Crippen LogP contribution is 2.23. The van der Waals surface area contributed by atoms with Gasteiger partial charge in [-0.2, -0.15) is 0 Å². The van der Waals surface area contributed by atoms with Gasteiger partial charge in [0.1, 0.15) is 11.0 Å². The van der Waals surface area contributed by atoms with Crippen LogP contribution in [-0.4, -0.2) is 9.97 Å². The fourth-order valence-electron chi connectivity index (χ4n) is 1.07. The second-order valence-electron chi connectivity index (χ2n) is 4.84. The minimum absolute atomic E-state index is 0.0471. The lowest BCUT2D eigenvalue weighted by atomic mass is 9.95. The van der Waals surface area contributed by atoms with Crippen LogP contribution in [0.1, 0.15) is 52.1 Å². The lowest BCUT2D eigenvalue weighted by Gasteiger charge is -2.18. The Labute approximate surface area is 90.7 Å². The molecule has 1 heterocycles. The molecule has 0 fully saturated rings. The molecule has 0 aliphatic carbocycles. The van der Waals surface area contributed by atoms with Gasteiger partial charge in [-0.1, -0.05) is 46.2 Å². The largest absolute Gasteiger partial charge is 0.237 e. The second-order valence-corrected chi connectivity index (χ2v) is 5.23. The van der Waals surface area contributed by atoms with Crippen molar-refractivity contribution in [2.24, 2.45) is 0 Å². The summed E-state index contributed by atoms with van der Waals surface area (Å²) in [6.45, 7) is 10.5. The SMILES string of the molecule is CC(C)c1cc(Cl)nc(C(C)(C)C)n1. The van der Waals surface area contributed by atoms with Gasteiger partial charge in [0.25, 0.3) is 0 Å². The van der Waals surface area contributed by atoms with Crippen molar-refractivity contribution in [3.8, 4) is 0 Å². The van der Waals surface area contributed by atoms with Crippen LogP contribution in [0.3, 0.4) is 0 Å². The van der Waals surface area contributed by atoms with Gasteiger partial charge in [-0.05, 0) is 12.0 Å². The second kappa shape index (κ2) is 3.85. The molecule has 78 valence electrons. The van der Waals surface area contributed by atoms with Crippen LogP contribution in [0.2, 0.25) is 5.15 Å². The lowest BCUT2D eigenvalue weighted by Crippen LogP contribution is -2.17. The Bertz CT molecular complexity index is 327. The summed E-state index contributed by atoms with van der Waals surface area (Å²) in [6, 6.07) is 1.83. The standard InChI is InChI=1S/C11H17ClN2/c1-7(2)8-6-9(12)14-10(13-8)11(3,4)5/h6-7H,1-5H3. The van der Waals surface area contributed by atoms with Crippen LogP contribution in [-0.2, 0) is 5.41 Å². The van der Waals surface area contributed by atoms with Crippen LogP contribution in [0.5, 0.6) is 0 Å². The van der Waals surface area contributed by atoms with Gasteiger partial charge in [-0.25, -0.2) is 9.97 Å². The van der Waals surface area contributed by atoms with Crippen molar-refractivity contribution in [3.05, 3.63) is 22.7 Å². The first-order valence-electron chi connectivity index (χ1n) is 4.85. The maximum absolute atomic E-state index is 5.95. The molecule has 14 heavy (non-hydrogen) atoms. The summed E-state index contributed by atoms with van der Waals surface area (Å²) in [5.41, 5.74) is 0.962. The smallest absolute Gasteiger partial charge is 0.135 e. The van der Waals surface area contributed by atoms with Crippen molar-refractivity contribution >= 4 is 11.6 Å². The Balaban J connectivity index is 3.21. The van der Waals surface area contributed by atoms with E-state index >= 15 is 0 Å². The Morgan fingerprint density at radius 3 is 2.21 bits per heavy atom. The highest BCUT2D eigenvalue weighted by molar-refractivity contribution is 6.29. The van der Waals surface area contributed by atoms with Gasteiger partial charge < -0.3 is 0 Å². The van der Waals surface area contributed by atoms with Crippen molar-refractivity contribution in [1.82, 2.24) is 9.97 Å². The molecular weight excluding hydrogens is 196 g/mol. The summed E-state index contributed by atoms with van der Waals surface area (Å²) in [5.74, 6) is 1.20. The van der Waals surface area contributed by atoms with Crippen LogP contribution in [0, 0.1) is 0 Å². The average Bonchev–Trinajstić information content (AvgIpc) is 2.01. The van der Waals surface area contributed by atoms with E-state index in [4.69, 9.17) is 11.6 Å². The van der Waals surface area contributed by atoms with Crippen LogP contribution < -0.4 is 0 Å². The maximum Gasteiger partial charge on any atom is 0.135 e. The quantitative estimate of drug-likeness (QED) is 0.666. The fourth-order valence-corrected chi connectivity index (χ4v) is 1.26. The molecule has 0 aromatic carbocycles. The summed E-state index contributed by atoms with van der Waals surface area (Å²) in [4.78, 5) is 8.75. The average molecular weight is 213 g/mol. The lowest BCUT2D eigenvalue weighted by molar-refractivity contribution is 0.539. The van der Waals surface area contributed by atoms with E-state index in [0.717, 1.165) is 11.5 Å². The Morgan fingerprint density at radius 1 is 1.21 bits per heavy atom. The maximum atomic E-state index is 5.95. The van der Waals surface area contributed by atoms with Gasteiger partial charge >= 0.3 is 0 Å². The fraction of sp³-hybridized carbons (Fsp3) is 0.636. The number of hydrogen-bond acceptors (Lipinski definition) is 2. The van der Waals surface area contributed by atoms with E-state index in [1.807, 2.05) is 6.07 Å². The highest BCUT2D eigenvalue weighted by atomic mass is 35.5. The minimum Gasteiger partial charge on any atom is -0.237 e. The van der Waals surface area contributed by atoms with Gasteiger partial charge in [-0.3, -0.25) is 0 Å². The molecular formula is C11H17ClN2. The topological polar surface area (TPSA) is 25.8 Å². The predicted molar refractivity (Wildman–Crippen MR) is 59.8 cm³/mol. The third-order valence-corrected chi connectivity index (χ3v) is 2.17. The summed E-state index contributed by atoms with van der Waals surface area (Å²) in [7, 11) is 0. The molecule has 0 bridgehead atoms. The zero-order valence-corrected chi connectivity index (χ0v) is 10.2. The molecule has 2 nitrogen and oxygen atoms in total. The van der Waals surface area contributed by atoms with E-state index in [1.165, 1.54) is 0 Å². The molecule has 1 rings (SSSR count). The Kier molecular flexibility index (Phi) is 3.15. The van der Waals surface area contributed by atoms with E-state index < -0.39 is 0 Å². The molecule has 0 saturated carbocycles. The number of aromatic nitrogens is 2. The zero-order chi connectivity index (χ0) is 10.9. The molecule has 0 N–H and O–H groups in total. The van der Waals surface area contributed by atoms with E-state index in [0.29, 0.717) is 11.1 Å². The number of nitrogens with zero attached hydrogens (tertiary/aromatic N) is 2. The normalized spacial score (nSPS) is 12.2. The van der Waals surface area contributed by atoms with Gasteiger partial charge in [0.15, 0.2) is 0 Å². The number of halogens is 1. The first-order valence-corrected chi connectivity index (χ1v) is 5.23. The molecule has 3 heteroatoms. The van der Waals surface area contributed by atoms with E-state index in [9.17, 15) is 0 Å². The van der Waals surface area contributed by atoms with Crippen molar-refractivity contribution in [2.45, 2.75) is 46.0 Å². The van der Waals surface area contributed by atoms with Crippen molar-refractivity contribution in [1.29, 1.82) is 0 Å². The van der Waals surface area contributed by atoms with Crippen LogP contribution in [0.4, 0.5) is 0 Å². The minimum atomic E-state index is -0.0471. The van der Waals surface area contributed by atoms with Gasteiger partial charge in [0, 0.05) is 11.1 Å². The van der Waals surface area contributed by atoms with E-state index in [1.54, 1.807) is 0 Å². The van der Waals surface area contributed by atoms with Crippen LogP contribution in [0.25, 0.3) is 0 Å². The first kappa shape index (κ1) is 11.4. The summed E-state index contributed by atoms with van der Waals surface area (Å²) >= 11 is 5.95.